The van der Waals surface area contributed by atoms with E-state index in [0.29, 0.717) is 4.47 Å². The molecule has 0 unspecified atom stereocenters. The van der Waals surface area contributed by atoms with E-state index < -0.39 is 17.5 Å². The standard InChI is InChI=1S/C13H8BrF2NO2/c14-7-3-9(16)5-10(4-7)19-12-2-1-8(15)6-11(12)13(17)18/h1-6H,(H2,17,18). The highest BCUT2D eigenvalue weighted by atomic mass is 79.9. The molecular weight excluding hydrogens is 320 g/mol. The molecule has 6 heteroatoms. The van der Waals surface area contributed by atoms with Crippen LogP contribution >= 0.6 is 15.9 Å². The number of primary amides is 1. The molecule has 0 bridgehead atoms. The average Bonchev–Trinajstić information content (AvgIpc) is 2.30. The molecule has 0 aliphatic rings. The third-order valence-corrected chi connectivity index (χ3v) is 2.73. The van der Waals surface area contributed by atoms with Gasteiger partial charge in [0.1, 0.15) is 23.1 Å². The average molecular weight is 328 g/mol. The molecule has 0 spiro atoms. The number of ether oxygens (including phenoxy) is 1. The van der Waals surface area contributed by atoms with Crippen molar-refractivity contribution in [1.82, 2.24) is 0 Å². The van der Waals surface area contributed by atoms with Crippen LogP contribution in [-0.2, 0) is 0 Å². The summed E-state index contributed by atoms with van der Waals surface area (Å²) in [5.74, 6) is -1.72. The third-order valence-electron chi connectivity index (χ3n) is 2.27. The molecule has 0 aliphatic carbocycles. The summed E-state index contributed by atoms with van der Waals surface area (Å²) in [5, 5.41) is 0. The molecule has 3 nitrogen and oxygen atoms in total. The molecule has 98 valence electrons. The first-order valence-corrected chi connectivity index (χ1v) is 5.98. The smallest absolute Gasteiger partial charge is 0.252 e. The summed E-state index contributed by atoms with van der Waals surface area (Å²) >= 11 is 3.11. The topological polar surface area (TPSA) is 52.3 Å². The fourth-order valence-electron chi connectivity index (χ4n) is 1.50. The summed E-state index contributed by atoms with van der Waals surface area (Å²) in [6, 6.07) is 7.25. The summed E-state index contributed by atoms with van der Waals surface area (Å²) in [7, 11) is 0. The van der Waals surface area contributed by atoms with E-state index in [2.05, 4.69) is 15.9 Å². The van der Waals surface area contributed by atoms with Crippen LogP contribution in [0.3, 0.4) is 0 Å². The van der Waals surface area contributed by atoms with Crippen LogP contribution in [0.5, 0.6) is 11.5 Å². The van der Waals surface area contributed by atoms with Gasteiger partial charge in [-0.25, -0.2) is 8.78 Å². The normalized spacial score (nSPS) is 10.3. The molecule has 0 atom stereocenters. The van der Waals surface area contributed by atoms with Gasteiger partial charge in [-0.2, -0.15) is 0 Å². The van der Waals surface area contributed by atoms with Crippen LogP contribution in [-0.4, -0.2) is 5.91 Å². The molecule has 0 aliphatic heterocycles. The van der Waals surface area contributed by atoms with E-state index >= 15 is 0 Å². The number of carbonyl (C=O) groups excluding carboxylic acids is 1. The van der Waals surface area contributed by atoms with Gasteiger partial charge in [0, 0.05) is 10.5 Å². The summed E-state index contributed by atoms with van der Waals surface area (Å²) < 4.78 is 32.1. The Labute approximate surface area is 116 Å². The van der Waals surface area contributed by atoms with Crippen LogP contribution in [0.4, 0.5) is 8.78 Å². The lowest BCUT2D eigenvalue weighted by Crippen LogP contribution is -2.12. The van der Waals surface area contributed by atoms with Crippen molar-refractivity contribution in [2.45, 2.75) is 0 Å². The third kappa shape index (κ3) is 3.29. The van der Waals surface area contributed by atoms with Gasteiger partial charge < -0.3 is 10.5 Å². The molecular formula is C13H8BrF2NO2. The van der Waals surface area contributed by atoms with E-state index in [4.69, 9.17) is 10.5 Å². The summed E-state index contributed by atoms with van der Waals surface area (Å²) in [6.07, 6.45) is 0. The van der Waals surface area contributed by atoms with E-state index in [-0.39, 0.29) is 17.1 Å². The van der Waals surface area contributed by atoms with E-state index in [0.717, 1.165) is 18.2 Å². The number of hydrogen-bond donors (Lipinski definition) is 1. The minimum absolute atomic E-state index is 0.0615. The molecule has 0 heterocycles. The fourth-order valence-corrected chi connectivity index (χ4v) is 1.94. The highest BCUT2D eigenvalue weighted by Gasteiger charge is 2.12. The number of amides is 1. The lowest BCUT2D eigenvalue weighted by Gasteiger charge is -2.09. The van der Waals surface area contributed by atoms with Crippen molar-refractivity contribution in [3.63, 3.8) is 0 Å². The van der Waals surface area contributed by atoms with E-state index in [1.807, 2.05) is 0 Å². The number of hydrogen-bond acceptors (Lipinski definition) is 2. The van der Waals surface area contributed by atoms with Crippen molar-refractivity contribution < 1.29 is 18.3 Å². The predicted molar refractivity (Wildman–Crippen MR) is 69.1 cm³/mol. The lowest BCUT2D eigenvalue weighted by molar-refractivity contribution is 0.0997. The van der Waals surface area contributed by atoms with E-state index in [9.17, 15) is 13.6 Å². The van der Waals surface area contributed by atoms with Gasteiger partial charge in [-0.15, -0.1) is 0 Å². The maximum Gasteiger partial charge on any atom is 0.252 e. The van der Waals surface area contributed by atoms with Gasteiger partial charge in [0.25, 0.3) is 5.91 Å². The number of carbonyl (C=O) groups is 1. The quantitative estimate of drug-likeness (QED) is 0.936. The van der Waals surface area contributed by atoms with Gasteiger partial charge in [0.2, 0.25) is 0 Å². The molecule has 0 fully saturated rings. The molecule has 19 heavy (non-hydrogen) atoms. The highest BCUT2D eigenvalue weighted by Crippen LogP contribution is 2.28. The first-order valence-electron chi connectivity index (χ1n) is 5.19. The van der Waals surface area contributed by atoms with Crippen LogP contribution in [0.25, 0.3) is 0 Å². The SMILES string of the molecule is NC(=O)c1cc(F)ccc1Oc1cc(F)cc(Br)c1. The highest BCUT2D eigenvalue weighted by molar-refractivity contribution is 9.10. The second-order valence-electron chi connectivity index (χ2n) is 3.71. The van der Waals surface area contributed by atoms with Crippen LogP contribution < -0.4 is 10.5 Å². The van der Waals surface area contributed by atoms with Gasteiger partial charge in [0.15, 0.2) is 0 Å². The van der Waals surface area contributed by atoms with Gasteiger partial charge in [-0.05, 0) is 30.3 Å². The Kier molecular flexibility index (Phi) is 3.80. The monoisotopic (exact) mass is 327 g/mol. The molecule has 0 aromatic heterocycles. The molecule has 0 radical (unpaired) electrons. The Morgan fingerprint density at radius 1 is 1.11 bits per heavy atom. The zero-order valence-electron chi connectivity index (χ0n) is 9.49. The van der Waals surface area contributed by atoms with Crippen molar-refractivity contribution in [3.05, 3.63) is 58.1 Å². The number of halogens is 3. The fraction of sp³-hybridized carbons (Fsp3) is 0. The molecule has 2 rings (SSSR count). The Balaban J connectivity index is 2.40. The van der Waals surface area contributed by atoms with Crippen LogP contribution in [0.1, 0.15) is 10.4 Å². The molecule has 2 aromatic carbocycles. The van der Waals surface area contributed by atoms with Crippen molar-refractivity contribution in [1.29, 1.82) is 0 Å². The summed E-state index contributed by atoms with van der Waals surface area (Å²) in [6.45, 7) is 0. The van der Waals surface area contributed by atoms with Gasteiger partial charge in [-0.3, -0.25) is 4.79 Å². The van der Waals surface area contributed by atoms with E-state index in [1.165, 1.54) is 18.2 Å². The summed E-state index contributed by atoms with van der Waals surface area (Å²) in [5.41, 5.74) is 5.02. The Bertz CT molecular complexity index is 626. The maximum absolute atomic E-state index is 13.2. The second-order valence-corrected chi connectivity index (χ2v) is 4.63. The zero-order chi connectivity index (χ0) is 14.0. The largest absolute Gasteiger partial charge is 0.456 e. The Hall–Kier alpha value is -1.95. The van der Waals surface area contributed by atoms with Crippen LogP contribution in [0.15, 0.2) is 40.9 Å². The minimum Gasteiger partial charge on any atom is -0.456 e. The van der Waals surface area contributed by atoms with Gasteiger partial charge in [-0.1, -0.05) is 15.9 Å². The number of benzene rings is 2. The maximum atomic E-state index is 13.2. The minimum atomic E-state index is -0.829. The molecule has 0 saturated carbocycles. The first kappa shape index (κ1) is 13.5. The molecule has 2 N–H and O–H groups in total. The van der Waals surface area contributed by atoms with Crippen LogP contribution in [0, 0.1) is 11.6 Å². The first-order chi connectivity index (χ1) is 8.95. The molecule has 1 amide bonds. The lowest BCUT2D eigenvalue weighted by atomic mass is 10.2. The van der Waals surface area contributed by atoms with E-state index in [1.54, 1.807) is 0 Å². The number of nitrogens with two attached hydrogens (primary N) is 1. The molecule has 0 saturated heterocycles. The van der Waals surface area contributed by atoms with Gasteiger partial charge in [0.05, 0.1) is 5.56 Å². The Morgan fingerprint density at radius 2 is 1.84 bits per heavy atom. The van der Waals surface area contributed by atoms with Crippen molar-refractivity contribution in [2.24, 2.45) is 5.73 Å². The van der Waals surface area contributed by atoms with Crippen molar-refractivity contribution in [2.75, 3.05) is 0 Å². The van der Waals surface area contributed by atoms with Crippen molar-refractivity contribution >= 4 is 21.8 Å². The van der Waals surface area contributed by atoms with Crippen LogP contribution in [0.2, 0.25) is 0 Å². The predicted octanol–water partition coefficient (Wildman–Crippen LogP) is 3.62. The summed E-state index contributed by atoms with van der Waals surface area (Å²) in [4.78, 5) is 11.2. The molecule has 2 aromatic rings. The Morgan fingerprint density at radius 3 is 2.47 bits per heavy atom. The van der Waals surface area contributed by atoms with Gasteiger partial charge >= 0.3 is 0 Å². The second kappa shape index (κ2) is 5.36. The van der Waals surface area contributed by atoms with Crippen molar-refractivity contribution in [3.8, 4) is 11.5 Å². The zero-order valence-corrected chi connectivity index (χ0v) is 11.1. The number of rotatable bonds is 3.